The Hall–Kier alpha value is -2.16. The molecule has 1 aliphatic rings. The highest BCUT2D eigenvalue weighted by Gasteiger charge is 2.22. The van der Waals surface area contributed by atoms with Crippen LogP contribution in [0.4, 0.5) is 10.3 Å². The van der Waals surface area contributed by atoms with E-state index in [1.807, 2.05) is 18.2 Å². The summed E-state index contributed by atoms with van der Waals surface area (Å²) < 4.78 is 14.1. The van der Waals surface area contributed by atoms with E-state index in [1.54, 1.807) is 11.3 Å². The van der Waals surface area contributed by atoms with E-state index in [-0.39, 0.29) is 6.04 Å². The number of rotatable bonds is 4. The van der Waals surface area contributed by atoms with Crippen molar-refractivity contribution >= 4 is 27.5 Å². The highest BCUT2D eigenvalue weighted by molar-refractivity contribution is 7.18. The van der Waals surface area contributed by atoms with Gasteiger partial charge in [-0.2, -0.15) is 0 Å². The van der Waals surface area contributed by atoms with Gasteiger partial charge in [0.25, 0.3) is 0 Å². The van der Waals surface area contributed by atoms with Crippen molar-refractivity contribution in [1.82, 2.24) is 19.9 Å². The van der Waals surface area contributed by atoms with Crippen molar-refractivity contribution in [3.8, 4) is 0 Å². The zero-order valence-electron chi connectivity index (χ0n) is 13.7. The lowest BCUT2D eigenvalue weighted by atomic mass is 10.2. The van der Waals surface area contributed by atoms with Gasteiger partial charge in [-0.1, -0.05) is 12.1 Å². The van der Waals surface area contributed by atoms with Gasteiger partial charge < -0.3 is 10.6 Å². The average Bonchev–Trinajstić information content (AvgIpc) is 3.07. The Balaban J connectivity index is 1.35. The van der Waals surface area contributed by atoms with Gasteiger partial charge >= 0.3 is 0 Å². The van der Waals surface area contributed by atoms with Crippen LogP contribution in [0.5, 0.6) is 0 Å². The van der Waals surface area contributed by atoms with Crippen LogP contribution >= 0.6 is 11.3 Å². The van der Waals surface area contributed by atoms with Crippen molar-refractivity contribution < 1.29 is 4.39 Å². The lowest BCUT2D eigenvalue weighted by Gasteiger charge is -2.35. The minimum Gasteiger partial charge on any atom is -0.338 e. The molecule has 25 heavy (non-hydrogen) atoms. The van der Waals surface area contributed by atoms with Crippen molar-refractivity contribution in [2.45, 2.75) is 6.04 Å². The number of hydrogen-bond acceptors (Lipinski definition) is 7. The molecule has 1 aliphatic heterocycles. The summed E-state index contributed by atoms with van der Waals surface area (Å²) in [5, 5.41) is 0.977. The van der Waals surface area contributed by atoms with Gasteiger partial charge in [-0.15, -0.1) is 11.3 Å². The molecule has 2 N–H and O–H groups in total. The van der Waals surface area contributed by atoms with Crippen molar-refractivity contribution in [2.75, 3.05) is 37.6 Å². The van der Waals surface area contributed by atoms with E-state index in [0.29, 0.717) is 5.95 Å². The Morgan fingerprint density at radius 2 is 1.84 bits per heavy atom. The van der Waals surface area contributed by atoms with E-state index in [4.69, 9.17) is 5.73 Å². The maximum Gasteiger partial charge on any atom is 0.225 e. The molecular formula is C17H19FN6S. The first-order valence-electron chi connectivity index (χ1n) is 8.25. The second-order valence-electron chi connectivity index (χ2n) is 6.12. The minimum absolute atomic E-state index is 0.0916. The molecule has 2 aromatic heterocycles. The van der Waals surface area contributed by atoms with Gasteiger partial charge in [0, 0.05) is 32.7 Å². The predicted octanol–water partition coefficient (Wildman–Crippen LogP) is 2.05. The number of piperazine rings is 1. The fraction of sp³-hybridized carbons (Fsp3) is 0.353. The van der Waals surface area contributed by atoms with Crippen LogP contribution < -0.4 is 10.6 Å². The number of anilines is 1. The molecule has 1 aromatic carbocycles. The third-order valence-electron chi connectivity index (χ3n) is 4.34. The first-order chi connectivity index (χ1) is 12.2. The summed E-state index contributed by atoms with van der Waals surface area (Å²) in [6.45, 7) is 4.13. The van der Waals surface area contributed by atoms with Crippen LogP contribution in [0, 0.1) is 5.82 Å². The van der Waals surface area contributed by atoms with Gasteiger partial charge in [-0.3, -0.25) is 4.90 Å². The molecule has 3 aromatic rings. The fourth-order valence-corrected chi connectivity index (χ4v) is 3.96. The standard InChI is InChI=1S/C17H19FN6S/c18-12-9-20-17(21-10-12)24-7-5-23(6-8-24)11-13(19)16-22-14-3-1-2-4-15(14)25-16/h1-4,9-10,13H,5-8,11,19H2. The number of thiazole rings is 1. The Morgan fingerprint density at radius 1 is 1.12 bits per heavy atom. The van der Waals surface area contributed by atoms with Gasteiger partial charge in [0.15, 0.2) is 5.82 Å². The number of nitrogens with zero attached hydrogens (tertiary/aromatic N) is 5. The number of fused-ring (bicyclic) bond motifs is 1. The molecule has 1 atom stereocenters. The van der Waals surface area contributed by atoms with Crippen LogP contribution in [0.15, 0.2) is 36.7 Å². The van der Waals surface area contributed by atoms with Gasteiger partial charge in [-0.25, -0.2) is 19.3 Å². The summed E-state index contributed by atoms with van der Waals surface area (Å²) >= 11 is 1.66. The van der Waals surface area contributed by atoms with E-state index in [1.165, 1.54) is 17.1 Å². The maximum absolute atomic E-state index is 12.9. The van der Waals surface area contributed by atoms with E-state index in [9.17, 15) is 4.39 Å². The zero-order valence-corrected chi connectivity index (χ0v) is 14.5. The van der Waals surface area contributed by atoms with Crippen LogP contribution in [0.1, 0.15) is 11.0 Å². The molecule has 6 nitrogen and oxygen atoms in total. The SMILES string of the molecule is NC(CN1CCN(c2ncc(F)cn2)CC1)c1nc2ccccc2s1. The van der Waals surface area contributed by atoms with E-state index in [2.05, 4.69) is 30.8 Å². The highest BCUT2D eigenvalue weighted by atomic mass is 32.1. The third-order valence-corrected chi connectivity index (χ3v) is 5.51. The number of nitrogens with two attached hydrogens (primary N) is 1. The monoisotopic (exact) mass is 358 g/mol. The van der Waals surface area contributed by atoms with Crippen LogP contribution in [0.25, 0.3) is 10.2 Å². The van der Waals surface area contributed by atoms with Gasteiger partial charge in [0.2, 0.25) is 5.95 Å². The number of halogens is 1. The second kappa shape index (κ2) is 6.99. The molecule has 3 heterocycles. The van der Waals surface area contributed by atoms with E-state index < -0.39 is 5.82 Å². The zero-order chi connectivity index (χ0) is 17.2. The largest absolute Gasteiger partial charge is 0.338 e. The topological polar surface area (TPSA) is 71.2 Å². The van der Waals surface area contributed by atoms with E-state index >= 15 is 0 Å². The Kier molecular flexibility index (Phi) is 4.56. The summed E-state index contributed by atoms with van der Waals surface area (Å²) in [6, 6.07) is 8.01. The first kappa shape index (κ1) is 16.3. The van der Waals surface area contributed by atoms with Crippen molar-refractivity contribution in [1.29, 1.82) is 0 Å². The second-order valence-corrected chi connectivity index (χ2v) is 7.18. The summed E-state index contributed by atoms with van der Waals surface area (Å²) in [4.78, 5) is 17.1. The third kappa shape index (κ3) is 3.60. The summed E-state index contributed by atoms with van der Waals surface area (Å²) in [6.07, 6.45) is 2.41. The Labute approximate surface area is 149 Å². The van der Waals surface area contributed by atoms with Crippen molar-refractivity contribution in [2.24, 2.45) is 5.73 Å². The van der Waals surface area contributed by atoms with Crippen molar-refractivity contribution in [3.05, 3.63) is 47.5 Å². The summed E-state index contributed by atoms with van der Waals surface area (Å²) in [7, 11) is 0. The maximum atomic E-state index is 12.9. The molecule has 0 spiro atoms. The molecule has 1 saturated heterocycles. The minimum atomic E-state index is -0.413. The quantitative estimate of drug-likeness (QED) is 0.770. The van der Waals surface area contributed by atoms with Crippen molar-refractivity contribution in [3.63, 3.8) is 0 Å². The van der Waals surface area contributed by atoms with Gasteiger partial charge in [-0.05, 0) is 12.1 Å². The number of hydrogen-bond donors (Lipinski definition) is 1. The Morgan fingerprint density at radius 3 is 2.56 bits per heavy atom. The fourth-order valence-electron chi connectivity index (χ4n) is 3.00. The van der Waals surface area contributed by atoms with Gasteiger partial charge in [0.1, 0.15) is 5.01 Å². The van der Waals surface area contributed by atoms with Gasteiger partial charge in [0.05, 0.1) is 28.7 Å². The van der Waals surface area contributed by atoms with E-state index in [0.717, 1.165) is 43.2 Å². The lowest BCUT2D eigenvalue weighted by molar-refractivity contribution is 0.242. The molecule has 0 aliphatic carbocycles. The molecule has 0 radical (unpaired) electrons. The molecule has 130 valence electrons. The molecule has 1 fully saturated rings. The normalized spacial score (nSPS) is 17.1. The van der Waals surface area contributed by atoms with Crippen LogP contribution in [-0.4, -0.2) is 52.6 Å². The Bertz CT molecular complexity index is 811. The smallest absolute Gasteiger partial charge is 0.225 e. The van der Waals surface area contributed by atoms with Crippen LogP contribution in [0.2, 0.25) is 0 Å². The predicted molar refractivity (Wildman–Crippen MR) is 97.2 cm³/mol. The highest BCUT2D eigenvalue weighted by Crippen LogP contribution is 2.26. The summed E-state index contributed by atoms with van der Waals surface area (Å²) in [5.41, 5.74) is 7.39. The number of benzene rings is 1. The lowest BCUT2D eigenvalue weighted by Crippen LogP contribution is -2.48. The summed E-state index contributed by atoms with van der Waals surface area (Å²) in [5.74, 6) is 0.167. The molecule has 1 unspecified atom stereocenters. The molecular weight excluding hydrogens is 339 g/mol. The van der Waals surface area contributed by atoms with Crippen LogP contribution in [0.3, 0.4) is 0 Å². The average molecular weight is 358 g/mol. The molecule has 0 saturated carbocycles. The first-order valence-corrected chi connectivity index (χ1v) is 9.06. The molecule has 8 heteroatoms. The number of para-hydroxylation sites is 1. The molecule has 0 bridgehead atoms. The molecule has 4 rings (SSSR count). The molecule has 0 amide bonds. The van der Waals surface area contributed by atoms with Crippen LogP contribution in [-0.2, 0) is 0 Å². The number of aromatic nitrogens is 3.